The number of aromatic amines is 1. The van der Waals surface area contributed by atoms with E-state index in [1.165, 1.54) is 59.6 Å². The molecular weight excluding hydrogens is 535 g/mol. The molecule has 0 unspecified atom stereocenters. The minimum Gasteiger partial charge on any atom is -0.415 e. The quantitative estimate of drug-likeness (QED) is 0.195. The van der Waals surface area contributed by atoms with Gasteiger partial charge in [0.1, 0.15) is 0 Å². The number of anilines is 2. The van der Waals surface area contributed by atoms with Crippen LogP contribution in [0.3, 0.4) is 0 Å². The predicted molar refractivity (Wildman–Crippen MR) is 132 cm³/mol. The van der Waals surface area contributed by atoms with Crippen molar-refractivity contribution < 1.29 is 17.6 Å². The van der Waals surface area contributed by atoms with Gasteiger partial charge in [-0.15, -0.1) is 21.5 Å². The van der Waals surface area contributed by atoms with Gasteiger partial charge in [0.15, 0.2) is 10.3 Å². The molecule has 0 aliphatic rings. The maximum Gasteiger partial charge on any atom is 0.277 e. The number of H-pyrrole nitrogens is 1. The zero-order chi connectivity index (χ0) is 24.8. The Hall–Kier alpha value is -3.21. The Balaban J connectivity index is 1.25. The van der Waals surface area contributed by atoms with Gasteiger partial charge in [0.2, 0.25) is 11.8 Å². The Labute approximate surface area is 211 Å². The van der Waals surface area contributed by atoms with E-state index >= 15 is 0 Å². The first-order chi connectivity index (χ1) is 16.8. The smallest absolute Gasteiger partial charge is 0.277 e. The van der Waals surface area contributed by atoms with E-state index in [9.17, 15) is 18.0 Å². The Kier molecular flexibility index (Phi) is 7.84. The maximum absolute atomic E-state index is 12.4. The molecule has 1 aromatic carbocycles. The Morgan fingerprint density at radius 1 is 1.20 bits per heavy atom. The lowest BCUT2D eigenvalue weighted by atomic mass is 10.3. The van der Waals surface area contributed by atoms with E-state index < -0.39 is 10.0 Å². The molecule has 0 aliphatic heterocycles. The summed E-state index contributed by atoms with van der Waals surface area (Å²) in [5, 5.41) is 13.1. The number of sulfonamides is 1. The van der Waals surface area contributed by atoms with Gasteiger partial charge in [-0.2, -0.15) is 0 Å². The van der Waals surface area contributed by atoms with Crippen molar-refractivity contribution in [2.45, 2.75) is 28.0 Å². The molecule has 16 heteroatoms. The number of aromatic nitrogens is 5. The fourth-order valence-electron chi connectivity index (χ4n) is 2.59. The van der Waals surface area contributed by atoms with Crippen molar-refractivity contribution in [2.75, 3.05) is 15.8 Å². The Morgan fingerprint density at radius 3 is 2.71 bits per heavy atom. The van der Waals surface area contributed by atoms with Crippen molar-refractivity contribution in [3.05, 3.63) is 63.8 Å². The molecule has 0 bridgehead atoms. The number of rotatable bonds is 10. The monoisotopic (exact) mass is 551 g/mol. The predicted octanol–water partition coefficient (Wildman–Crippen LogP) is 2.74. The molecule has 0 fully saturated rings. The van der Waals surface area contributed by atoms with Gasteiger partial charge in [-0.3, -0.25) is 14.3 Å². The molecule has 0 radical (unpaired) electrons. The first-order valence-electron chi connectivity index (χ1n) is 9.75. The molecule has 4 rings (SSSR count). The average Bonchev–Trinajstić information content (AvgIpc) is 3.48. The zero-order valence-corrected chi connectivity index (χ0v) is 21.2. The SMILES string of the molecule is Cc1cc(=O)[nH]c(SCc2nnc(SCC(=O)Nc3ccc(S(=O)(=O)Nc4nccs4)cc3)o2)n1. The fourth-order valence-corrected chi connectivity index (χ4v) is 5.72. The minimum atomic E-state index is -3.77. The summed E-state index contributed by atoms with van der Waals surface area (Å²) in [7, 11) is -3.77. The van der Waals surface area contributed by atoms with Crippen molar-refractivity contribution >= 4 is 61.6 Å². The molecule has 12 nitrogen and oxygen atoms in total. The third-order valence-corrected chi connectivity index (χ3v) is 7.91. The zero-order valence-electron chi connectivity index (χ0n) is 17.9. The molecule has 0 spiro atoms. The first-order valence-corrected chi connectivity index (χ1v) is 14.1. The molecule has 0 aliphatic carbocycles. The molecule has 3 aromatic heterocycles. The van der Waals surface area contributed by atoms with E-state index in [1.807, 2.05) is 0 Å². The molecule has 0 saturated heterocycles. The highest BCUT2D eigenvalue weighted by Crippen LogP contribution is 2.23. The number of benzene rings is 1. The lowest BCUT2D eigenvalue weighted by molar-refractivity contribution is -0.113. The minimum absolute atomic E-state index is 0.00713. The molecule has 3 heterocycles. The van der Waals surface area contributed by atoms with E-state index in [0.717, 1.165) is 11.8 Å². The van der Waals surface area contributed by atoms with Crippen molar-refractivity contribution in [3.8, 4) is 0 Å². The molecular formula is C19H17N7O5S4. The highest BCUT2D eigenvalue weighted by molar-refractivity contribution is 7.99. The molecule has 1 amide bonds. The Morgan fingerprint density at radius 2 is 2.00 bits per heavy atom. The van der Waals surface area contributed by atoms with Gasteiger partial charge in [-0.25, -0.2) is 18.4 Å². The van der Waals surface area contributed by atoms with Gasteiger partial charge in [-0.05, 0) is 31.2 Å². The van der Waals surface area contributed by atoms with Crippen LogP contribution >= 0.6 is 34.9 Å². The second-order valence-corrected chi connectivity index (χ2v) is 11.2. The van der Waals surface area contributed by atoms with Gasteiger partial charge in [0, 0.05) is 29.0 Å². The highest BCUT2D eigenvalue weighted by Gasteiger charge is 2.16. The Bertz CT molecular complexity index is 1470. The van der Waals surface area contributed by atoms with E-state index in [-0.39, 0.29) is 32.5 Å². The summed E-state index contributed by atoms with van der Waals surface area (Å²) in [5.41, 5.74) is 0.801. The third kappa shape index (κ3) is 7.14. The third-order valence-electron chi connectivity index (χ3n) is 4.06. The molecule has 0 saturated carbocycles. The first kappa shape index (κ1) is 24.9. The summed E-state index contributed by atoms with van der Waals surface area (Å²) in [5.74, 6) is 0.304. The van der Waals surface area contributed by atoms with Gasteiger partial charge in [0.05, 0.1) is 16.4 Å². The highest BCUT2D eigenvalue weighted by atomic mass is 32.2. The van der Waals surface area contributed by atoms with E-state index in [2.05, 4.69) is 35.2 Å². The number of thioether (sulfide) groups is 2. The van der Waals surface area contributed by atoms with Crippen molar-refractivity contribution in [1.82, 2.24) is 25.1 Å². The number of hydrogen-bond donors (Lipinski definition) is 3. The summed E-state index contributed by atoms with van der Waals surface area (Å²) in [6.45, 7) is 1.73. The standard InChI is InChI=1S/C19H17N7O5S4/c1-11-8-14(27)23-18(21-11)33-10-16-24-25-19(31-16)34-9-15(28)22-12-2-4-13(5-3-12)35(29,30)26-17-20-6-7-32-17/h2-8H,9-10H2,1H3,(H,20,26)(H,22,28)(H,21,23,27). The van der Waals surface area contributed by atoms with Crippen molar-refractivity contribution in [3.63, 3.8) is 0 Å². The van der Waals surface area contributed by atoms with E-state index in [4.69, 9.17) is 4.42 Å². The molecule has 35 heavy (non-hydrogen) atoms. The van der Waals surface area contributed by atoms with Crippen LogP contribution in [0.2, 0.25) is 0 Å². The van der Waals surface area contributed by atoms with Gasteiger partial charge in [-0.1, -0.05) is 23.5 Å². The number of carbonyl (C=O) groups excluding carboxylic acids is 1. The van der Waals surface area contributed by atoms with E-state index in [0.29, 0.717) is 28.2 Å². The number of carbonyl (C=O) groups is 1. The second-order valence-electron chi connectivity index (χ2n) is 6.75. The lowest BCUT2D eigenvalue weighted by Crippen LogP contribution is -2.15. The lowest BCUT2D eigenvalue weighted by Gasteiger charge is -2.07. The van der Waals surface area contributed by atoms with Crippen LogP contribution in [0.25, 0.3) is 0 Å². The summed E-state index contributed by atoms with van der Waals surface area (Å²) in [6, 6.07) is 7.15. The van der Waals surface area contributed by atoms with Crippen molar-refractivity contribution in [2.24, 2.45) is 0 Å². The van der Waals surface area contributed by atoms with Crippen LogP contribution in [0.5, 0.6) is 0 Å². The number of nitrogens with zero attached hydrogens (tertiary/aromatic N) is 4. The van der Waals surface area contributed by atoms with Crippen LogP contribution < -0.4 is 15.6 Å². The number of aryl methyl sites for hydroxylation is 1. The second kappa shape index (κ2) is 11.0. The molecule has 182 valence electrons. The van der Waals surface area contributed by atoms with Gasteiger partial charge in [0.25, 0.3) is 20.8 Å². The number of thiazole rings is 1. The number of hydrogen-bond acceptors (Lipinski definition) is 12. The van der Waals surface area contributed by atoms with Crippen molar-refractivity contribution in [1.29, 1.82) is 0 Å². The van der Waals surface area contributed by atoms with Crippen LogP contribution in [0, 0.1) is 6.92 Å². The van der Waals surface area contributed by atoms with Crippen LogP contribution in [0.1, 0.15) is 11.6 Å². The molecule has 4 aromatic rings. The van der Waals surface area contributed by atoms with Crippen LogP contribution in [0.15, 0.2) is 66.4 Å². The molecule has 3 N–H and O–H groups in total. The summed E-state index contributed by atoms with van der Waals surface area (Å²) < 4.78 is 32.6. The van der Waals surface area contributed by atoms with Gasteiger partial charge < -0.3 is 14.7 Å². The van der Waals surface area contributed by atoms with Crippen LogP contribution in [0.4, 0.5) is 10.8 Å². The maximum atomic E-state index is 12.4. The topological polar surface area (TPSA) is 173 Å². The molecule has 0 atom stereocenters. The average molecular weight is 552 g/mol. The number of amides is 1. The van der Waals surface area contributed by atoms with E-state index in [1.54, 1.807) is 12.3 Å². The van der Waals surface area contributed by atoms with Crippen LogP contribution in [-0.4, -0.2) is 45.2 Å². The largest absolute Gasteiger partial charge is 0.415 e. The number of nitrogens with one attached hydrogen (secondary N) is 3. The summed E-state index contributed by atoms with van der Waals surface area (Å²) in [6.07, 6.45) is 1.50. The van der Waals surface area contributed by atoms with Gasteiger partial charge >= 0.3 is 0 Å². The summed E-state index contributed by atoms with van der Waals surface area (Å²) >= 11 is 3.47. The summed E-state index contributed by atoms with van der Waals surface area (Å²) in [4.78, 5) is 34.5. The fraction of sp³-hybridized carbons (Fsp3) is 0.158. The normalized spacial score (nSPS) is 11.3. The van der Waals surface area contributed by atoms with Crippen LogP contribution in [-0.2, 0) is 20.6 Å².